The molecule has 0 spiro atoms. The van der Waals surface area contributed by atoms with Crippen molar-refractivity contribution in [3.05, 3.63) is 90.3 Å². The van der Waals surface area contributed by atoms with Crippen LogP contribution in [0.3, 0.4) is 0 Å². The maximum Gasteiger partial charge on any atom is 0.326 e. The van der Waals surface area contributed by atoms with Gasteiger partial charge < -0.3 is 15.3 Å². The summed E-state index contributed by atoms with van der Waals surface area (Å²) in [5, 5.41) is 13.0. The summed E-state index contributed by atoms with van der Waals surface area (Å²) in [7, 11) is 0. The third-order valence-corrected chi connectivity index (χ3v) is 6.10. The summed E-state index contributed by atoms with van der Waals surface area (Å²) < 4.78 is 0. The van der Waals surface area contributed by atoms with Gasteiger partial charge in [0.2, 0.25) is 0 Å². The molecular formula is C24H22N4O3. The molecule has 3 aromatic rings. The molecule has 2 N–H and O–H groups in total. The number of urea groups is 1. The van der Waals surface area contributed by atoms with Crippen LogP contribution in [-0.4, -0.2) is 52.2 Å². The molecule has 0 bridgehead atoms. The van der Waals surface area contributed by atoms with E-state index in [4.69, 9.17) is 0 Å². The summed E-state index contributed by atoms with van der Waals surface area (Å²) in [6.45, 7) is 0.209. The molecule has 1 aromatic heterocycles. The standard InChI is InChI=1S/C24H22N4O3/c29-15-21-22-18-10-4-5-11-19(18)27(24(31)26-17-8-2-1-3-9-17)14-20(22)28(21)23(30)16-7-6-12-25-13-16/h1-13,20-22,29H,14-15H2,(H,26,31)/t20-,21+,22+/m1/s1. The van der Waals surface area contributed by atoms with E-state index in [1.165, 1.54) is 6.20 Å². The molecule has 31 heavy (non-hydrogen) atoms. The van der Waals surface area contributed by atoms with Gasteiger partial charge in [-0.05, 0) is 35.9 Å². The highest BCUT2D eigenvalue weighted by Gasteiger charge is 2.55. The van der Waals surface area contributed by atoms with Crippen LogP contribution in [0.4, 0.5) is 16.2 Å². The van der Waals surface area contributed by atoms with Gasteiger partial charge in [0, 0.05) is 36.2 Å². The van der Waals surface area contributed by atoms with Crippen LogP contribution in [0.1, 0.15) is 21.8 Å². The molecule has 1 fully saturated rings. The minimum atomic E-state index is -0.335. The van der Waals surface area contributed by atoms with Gasteiger partial charge in [-0.1, -0.05) is 36.4 Å². The number of carbonyl (C=O) groups is 2. The van der Waals surface area contributed by atoms with Crippen LogP contribution >= 0.6 is 0 Å². The first-order valence-electron chi connectivity index (χ1n) is 10.2. The van der Waals surface area contributed by atoms with E-state index in [9.17, 15) is 14.7 Å². The van der Waals surface area contributed by atoms with Crippen molar-refractivity contribution in [2.45, 2.75) is 18.0 Å². The lowest BCUT2D eigenvalue weighted by atomic mass is 9.71. The number of aromatic nitrogens is 1. The maximum atomic E-state index is 13.2. The molecule has 2 aliphatic rings. The van der Waals surface area contributed by atoms with Gasteiger partial charge in [-0.2, -0.15) is 0 Å². The van der Waals surface area contributed by atoms with Crippen molar-refractivity contribution in [2.75, 3.05) is 23.4 Å². The first kappa shape index (κ1) is 19.3. The molecule has 3 amide bonds. The third-order valence-electron chi connectivity index (χ3n) is 6.10. The summed E-state index contributed by atoms with van der Waals surface area (Å²) in [6, 6.07) is 19.6. The molecule has 7 heteroatoms. The molecule has 0 unspecified atom stereocenters. The number of rotatable bonds is 3. The van der Waals surface area contributed by atoms with Crippen molar-refractivity contribution in [2.24, 2.45) is 0 Å². The molecule has 3 heterocycles. The van der Waals surface area contributed by atoms with Crippen molar-refractivity contribution >= 4 is 23.3 Å². The second-order valence-corrected chi connectivity index (χ2v) is 7.76. The monoisotopic (exact) mass is 414 g/mol. The largest absolute Gasteiger partial charge is 0.394 e. The number of likely N-dealkylation sites (tertiary alicyclic amines) is 1. The van der Waals surface area contributed by atoms with Gasteiger partial charge in [0.15, 0.2) is 0 Å². The summed E-state index contributed by atoms with van der Waals surface area (Å²) in [5.41, 5.74) is 2.95. The van der Waals surface area contributed by atoms with Crippen molar-refractivity contribution < 1.29 is 14.7 Å². The lowest BCUT2D eigenvalue weighted by Crippen LogP contribution is -2.71. The highest BCUT2D eigenvalue weighted by Crippen LogP contribution is 2.48. The second-order valence-electron chi connectivity index (χ2n) is 7.76. The van der Waals surface area contributed by atoms with Crippen LogP contribution in [0.25, 0.3) is 0 Å². The Morgan fingerprint density at radius 3 is 2.55 bits per heavy atom. The molecule has 1 saturated heterocycles. The van der Waals surface area contributed by atoms with Crippen LogP contribution < -0.4 is 10.2 Å². The number of anilines is 2. The van der Waals surface area contributed by atoms with Crippen molar-refractivity contribution in [3.63, 3.8) is 0 Å². The summed E-state index contributed by atoms with van der Waals surface area (Å²) >= 11 is 0. The van der Waals surface area contributed by atoms with Gasteiger partial charge in [-0.15, -0.1) is 0 Å². The quantitative estimate of drug-likeness (QED) is 0.690. The number of hydrogen-bond acceptors (Lipinski definition) is 4. The minimum Gasteiger partial charge on any atom is -0.394 e. The van der Waals surface area contributed by atoms with E-state index in [1.54, 1.807) is 28.1 Å². The highest BCUT2D eigenvalue weighted by atomic mass is 16.3. The minimum absolute atomic E-state index is 0.0254. The van der Waals surface area contributed by atoms with Crippen molar-refractivity contribution in [3.8, 4) is 0 Å². The molecule has 0 saturated carbocycles. The number of amides is 3. The molecule has 0 aliphatic carbocycles. The Hall–Kier alpha value is -3.71. The van der Waals surface area contributed by atoms with Crippen molar-refractivity contribution in [1.29, 1.82) is 0 Å². The van der Waals surface area contributed by atoms with E-state index < -0.39 is 0 Å². The fourth-order valence-electron chi connectivity index (χ4n) is 4.71. The smallest absolute Gasteiger partial charge is 0.326 e. The van der Waals surface area contributed by atoms with Crippen LogP contribution in [-0.2, 0) is 0 Å². The van der Waals surface area contributed by atoms with E-state index in [2.05, 4.69) is 10.3 Å². The third kappa shape index (κ3) is 3.23. The first-order chi connectivity index (χ1) is 15.2. The van der Waals surface area contributed by atoms with Gasteiger partial charge >= 0.3 is 6.03 Å². The number of carbonyl (C=O) groups excluding carboxylic acids is 2. The number of aliphatic hydroxyl groups excluding tert-OH is 1. The molecule has 2 aliphatic heterocycles. The molecule has 0 radical (unpaired) electrons. The first-order valence-corrected chi connectivity index (χ1v) is 10.2. The SMILES string of the molecule is O=C(Nc1ccccc1)N1C[C@@H]2[C@H](c3ccccc31)[C@H](CO)N2C(=O)c1cccnc1. The number of aliphatic hydroxyl groups is 1. The Balaban J connectivity index is 1.48. The number of pyridine rings is 1. The number of para-hydroxylation sites is 2. The van der Waals surface area contributed by atoms with E-state index in [0.717, 1.165) is 11.3 Å². The number of nitrogens with one attached hydrogen (secondary N) is 1. The van der Waals surface area contributed by atoms with Crippen LogP contribution in [0.15, 0.2) is 79.1 Å². The molecular weight excluding hydrogens is 392 g/mol. The lowest BCUT2D eigenvalue weighted by Gasteiger charge is -2.58. The number of benzene rings is 2. The van der Waals surface area contributed by atoms with Crippen LogP contribution in [0.2, 0.25) is 0 Å². The van der Waals surface area contributed by atoms with Crippen molar-refractivity contribution in [1.82, 2.24) is 9.88 Å². The van der Waals surface area contributed by atoms with Gasteiger partial charge in [0.1, 0.15) is 0 Å². The van der Waals surface area contributed by atoms with E-state index >= 15 is 0 Å². The predicted octanol–water partition coefficient (Wildman–Crippen LogP) is 3.10. The Morgan fingerprint density at radius 1 is 1.03 bits per heavy atom. The average Bonchev–Trinajstić information content (AvgIpc) is 2.80. The molecule has 5 rings (SSSR count). The molecule has 156 valence electrons. The van der Waals surface area contributed by atoms with Gasteiger partial charge in [0.25, 0.3) is 5.91 Å². The Bertz CT molecular complexity index is 1110. The molecule has 3 atom stereocenters. The Morgan fingerprint density at radius 2 is 1.81 bits per heavy atom. The zero-order valence-electron chi connectivity index (χ0n) is 16.8. The van der Waals surface area contributed by atoms with E-state index in [1.807, 2.05) is 54.6 Å². The van der Waals surface area contributed by atoms with E-state index in [0.29, 0.717) is 17.8 Å². The van der Waals surface area contributed by atoms with Crippen LogP contribution in [0, 0.1) is 0 Å². The second kappa shape index (κ2) is 7.85. The van der Waals surface area contributed by atoms with Gasteiger partial charge in [-0.3, -0.25) is 14.7 Å². The average molecular weight is 414 g/mol. The number of hydrogen-bond donors (Lipinski definition) is 2. The fourth-order valence-corrected chi connectivity index (χ4v) is 4.71. The molecule has 2 aromatic carbocycles. The van der Waals surface area contributed by atoms with Gasteiger partial charge in [0.05, 0.1) is 24.3 Å². The van der Waals surface area contributed by atoms with Gasteiger partial charge in [-0.25, -0.2) is 4.79 Å². The summed E-state index contributed by atoms with van der Waals surface area (Å²) in [4.78, 5) is 33.8. The summed E-state index contributed by atoms with van der Waals surface area (Å²) in [5.74, 6) is -0.209. The number of nitrogens with zero attached hydrogens (tertiary/aromatic N) is 3. The normalized spacial score (nSPS) is 21.5. The number of fused-ring (bicyclic) bond motifs is 3. The zero-order valence-corrected chi connectivity index (χ0v) is 16.8. The highest BCUT2D eigenvalue weighted by molar-refractivity contribution is 6.03. The fraction of sp³-hybridized carbons (Fsp3) is 0.208. The van der Waals surface area contributed by atoms with Crippen LogP contribution in [0.5, 0.6) is 0 Å². The Kier molecular flexibility index (Phi) is 4.88. The molecule has 7 nitrogen and oxygen atoms in total. The zero-order chi connectivity index (χ0) is 21.4. The topological polar surface area (TPSA) is 85.8 Å². The Labute approximate surface area is 179 Å². The predicted molar refractivity (Wildman–Crippen MR) is 117 cm³/mol. The lowest BCUT2D eigenvalue weighted by molar-refractivity contribution is -0.0241. The van der Waals surface area contributed by atoms with E-state index in [-0.39, 0.29) is 36.5 Å². The maximum absolute atomic E-state index is 13.2. The summed E-state index contributed by atoms with van der Waals surface area (Å²) in [6.07, 6.45) is 3.15.